The minimum Gasteiger partial charge on any atom is -0.462 e. The van der Waals surface area contributed by atoms with E-state index < -0.39 is 191 Å². The predicted molar refractivity (Wildman–Crippen MR) is 286 cm³/mol. The van der Waals surface area contributed by atoms with Crippen molar-refractivity contribution in [2.75, 3.05) is 26.9 Å². The molecule has 85 heavy (non-hydrogen) atoms. The fourth-order valence-corrected chi connectivity index (χ4v) is 17.3. The summed E-state index contributed by atoms with van der Waals surface area (Å²) in [5, 5.41) is 79.1. The number of carbonyl (C=O) groups is 2. The van der Waals surface area contributed by atoms with Gasteiger partial charge in [0.15, 0.2) is 25.2 Å². The van der Waals surface area contributed by atoms with Crippen LogP contribution in [0.25, 0.3) is 0 Å². The third-order valence-electron chi connectivity index (χ3n) is 20.4. The molecule has 0 aromatic rings. The van der Waals surface area contributed by atoms with Gasteiger partial charge in [-0.3, -0.25) is 18.7 Å². The number of allylic oxidation sites excluding steroid dienone is 3. The summed E-state index contributed by atoms with van der Waals surface area (Å²) in [6.45, 7) is 17.2. The molecule has 486 valence electrons. The minimum absolute atomic E-state index is 0.0218. The van der Waals surface area contributed by atoms with Crippen LogP contribution in [0.4, 0.5) is 0 Å². The Balaban J connectivity index is 0.898. The summed E-state index contributed by atoms with van der Waals surface area (Å²) in [4.78, 5) is 27.4. The van der Waals surface area contributed by atoms with Gasteiger partial charge in [-0.2, -0.15) is 16.8 Å². The maximum Gasteiger partial charge on any atom is 0.397 e. The summed E-state index contributed by atoms with van der Waals surface area (Å²) < 4.78 is 140. The number of cyclic esters (lactones) is 1. The summed E-state index contributed by atoms with van der Waals surface area (Å²) in [5.74, 6) is -1.05. The van der Waals surface area contributed by atoms with Gasteiger partial charge in [0, 0.05) is 19.4 Å². The molecule has 9 N–H and O–H groups in total. The summed E-state index contributed by atoms with van der Waals surface area (Å²) in [6, 6.07) is 0. The standard InChI is InChI=1S/C55H86O28S2/c1-24(2)12-11-17-54(9)45-30(76-26(4)56)20-53(8)28-13-14-33-51(5,6)34(16-18-52(33,7)27(28)15-19-55(45,53)50(64)82-54)78-49-44(36(59)32(22-73-49)83-85(68,69)70)81-47-38(61)37(60)41(25(3)75-47)79-46-39(62)42(29(57)21-72-46)80-48-40(63)43(71-10)35(58)31(77-48)23-74-84(65,66)67/h13,25,27,29-49,57-63H,1,11-12,14-23H2,2-10H3,(H,65,66,67)(H,68,69,70)/t25-,27?,29-,30+,31-,32-,33?,34+,35-,36+,37-,38-,39-,40-,41-,42+,43+,44-,45-,46+,47+,48+,49+,52-,53+,54+,55-/m1/s1. The average molecular weight is 1260 g/mol. The number of carbonyl (C=O) groups excluding carboxylic acids is 2. The Labute approximate surface area is 494 Å². The van der Waals surface area contributed by atoms with Crippen molar-refractivity contribution in [2.24, 2.45) is 39.4 Å². The molecule has 5 saturated heterocycles. The van der Waals surface area contributed by atoms with E-state index in [0.717, 1.165) is 25.5 Å². The first-order valence-corrected chi connectivity index (χ1v) is 31.7. The zero-order chi connectivity index (χ0) is 62.5. The lowest BCUT2D eigenvalue weighted by Crippen LogP contribution is -2.65. The van der Waals surface area contributed by atoms with Crippen LogP contribution in [0.5, 0.6) is 0 Å². The van der Waals surface area contributed by atoms with Crippen LogP contribution in [0.1, 0.15) is 113 Å². The Hall–Kier alpha value is -2.48. The molecule has 0 aromatic carbocycles. The van der Waals surface area contributed by atoms with Crippen molar-refractivity contribution >= 4 is 32.7 Å². The Kier molecular flexibility index (Phi) is 19.4. The molecule has 3 saturated carbocycles. The SMILES string of the molecule is C=C(C)CCC[C@]1(C)OC(=O)[C@]23CCC4C(=CCC5C(C)(C)[C@@H](O[C@@H]6OC[C@@H](OS(=O)(=O)O)[C@H](O)[C@H]6O[C@@H]6O[C@H](C)[C@@H](O[C@@H]7OC[C@@H](O)[C@H](O[C@@H]8O[C@H](COS(=O)(=O)O)[C@@H](O)[C@H](OC)[C@H]8O)[C@H]7O)[C@H](O)[C@H]6O)CC[C@]45C)[C@]2(C)C[C@H](OC(C)=O)[C@@H]31. The summed E-state index contributed by atoms with van der Waals surface area (Å²) in [5.41, 5.74) is -1.28. The molecular weight excluding hydrogens is 1170 g/mol. The Bertz CT molecular complexity index is 2710. The van der Waals surface area contributed by atoms with Crippen LogP contribution in [-0.4, -0.2) is 229 Å². The number of esters is 2. The maximum absolute atomic E-state index is 14.7. The number of ether oxygens (including phenoxy) is 11. The number of rotatable bonds is 19. The van der Waals surface area contributed by atoms with Crippen LogP contribution in [0.2, 0.25) is 0 Å². The second kappa shape index (κ2) is 24.6. The minimum atomic E-state index is -5.19. The highest BCUT2D eigenvalue weighted by Gasteiger charge is 2.79. The van der Waals surface area contributed by atoms with E-state index in [2.05, 4.69) is 44.5 Å². The number of fused-ring (bicyclic) bond motifs is 4. The van der Waals surface area contributed by atoms with Crippen molar-refractivity contribution in [2.45, 2.75) is 242 Å². The molecule has 0 radical (unpaired) electrons. The number of aliphatic hydroxyl groups is 7. The van der Waals surface area contributed by atoms with Crippen molar-refractivity contribution in [1.82, 2.24) is 0 Å². The van der Waals surface area contributed by atoms with E-state index in [1.165, 1.54) is 19.4 Å². The first-order chi connectivity index (χ1) is 39.5. The van der Waals surface area contributed by atoms with E-state index in [1.54, 1.807) is 0 Å². The van der Waals surface area contributed by atoms with E-state index in [-0.39, 0.29) is 29.1 Å². The number of hydrogen-bond donors (Lipinski definition) is 9. The van der Waals surface area contributed by atoms with Crippen LogP contribution >= 0.6 is 0 Å². The molecule has 0 bridgehead atoms. The van der Waals surface area contributed by atoms with Crippen LogP contribution in [0.15, 0.2) is 23.8 Å². The highest BCUT2D eigenvalue weighted by molar-refractivity contribution is 7.81. The molecule has 1 spiro atoms. The third-order valence-corrected chi connectivity index (χ3v) is 21.4. The molecule has 4 aliphatic carbocycles. The molecule has 30 heteroatoms. The van der Waals surface area contributed by atoms with Crippen LogP contribution in [0.3, 0.4) is 0 Å². The van der Waals surface area contributed by atoms with Gasteiger partial charge in [-0.05, 0) is 101 Å². The Morgan fingerprint density at radius 2 is 1.39 bits per heavy atom. The molecule has 27 atom stereocenters. The third kappa shape index (κ3) is 12.4. The smallest absolute Gasteiger partial charge is 0.397 e. The average Bonchev–Trinajstić information content (AvgIpc) is 1.53. The maximum atomic E-state index is 14.7. The molecule has 9 aliphatic rings. The van der Waals surface area contributed by atoms with Crippen molar-refractivity contribution in [3.8, 4) is 0 Å². The largest absolute Gasteiger partial charge is 0.462 e. The van der Waals surface area contributed by atoms with Crippen molar-refractivity contribution in [3.63, 3.8) is 0 Å². The van der Waals surface area contributed by atoms with Gasteiger partial charge in [0.1, 0.15) is 91.1 Å². The van der Waals surface area contributed by atoms with Gasteiger partial charge in [0.25, 0.3) is 0 Å². The number of methoxy groups -OCH3 is 1. The van der Waals surface area contributed by atoms with E-state index in [4.69, 9.17) is 60.8 Å². The molecule has 8 fully saturated rings. The van der Waals surface area contributed by atoms with E-state index >= 15 is 0 Å². The summed E-state index contributed by atoms with van der Waals surface area (Å²) in [7, 11) is -9.10. The topological polar surface area (TPSA) is 404 Å². The summed E-state index contributed by atoms with van der Waals surface area (Å²) in [6.07, 6.45) is -24.6. The van der Waals surface area contributed by atoms with Crippen molar-refractivity contribution in [1.29, 1.82) is 0 Å². The summed E-state index contributed by atoms with van der Waals surface area (Å²) >= 11 is 0. The van der Waals surface area contributed by atoms with Crippen molar-refractivity contribution < 1.29 is 132 Å². The van der Waals surface area contributed by atoms with Gasteiger partial charge in [-0.25, -0.2) is 8.37 Å². The number of aliphatic hydroxyl groups excluding tert-OH is 7. The molecular formula is C55H86O28S2. The van der Waals surface area contributed by atoms with Gasteiger partial charge >= 0.3 is 32.7 Å². The fraction of sp³-hybridized carbons (Fsp3) is 0.891. The van der Waals surface area contributed by atoms with E-state index in [9.17, 15) is 66.7 Å². The highest BCUT2D eigenvalue weighted by Crippen LogP contribution is 2.77. The number of hydrogen-bond acceptors (Lipinski definition) is 26. The fourth-order valence-electron chi connectivity index (χ4n) is 16.5. The van der Waals surface area contributed by atoms with Gasteiger partial charge in [0.2, 0.25) is 0 Å². The van der Waals surface area contributed by atoms with E-state index in [1.807, 2.05) is 13.8 Å². The molecule has 9 rings (SSSR count). The molecule has 28 nitrogen and oxygen atoms in total. The zero-order valence-electron chi connectivity index (χ0n) is 49.1. The monoisotopic (exact) mass is 1260 g/mol. The lowest BCUT2D eigenvalue weighted by atomic mass is 9.41. The highest BCUT2D eigenvalue weighted by atomic mass is 32.3. The van der Waals surface area contributed by atoms with E-state index in [0.29, 0.717) is 44.9 Å². The molecule has 5 heterocycles. The first-order valence-electron chi connectivity index (χ1n) is 29.0. The van der Waals surface area contributed by atoms with Crippen LogP contribution in [0, 0.1) is 39.4 Å². The molecule has 5 aliphatic heterocycles. The van der Waals surface area contributed by atoms with Crippen LogP contribution in [-0.2, 0) is 90.9 Å². The quantitative estimate of drug-likeness (QED) is 0.0481. The van der Waals surface area contributed by atoms with Crippen molar-refractivity contribution in [3.05, 3.63) is 23.8 Å². The molecule has 2 unspecified atom stereocenters. The normalized spacial score (nSPS) is 48.0. The second-order valence-corrected chi connectivity index (χ2v) is 28.3. The second-order valence-electron chi connectivity index (χ2n) is 26.1. The molecule has 0 aromatic heterocycles. The first kappa shape index (κ1) is 66.9. The molecule has 0 amide bonds. The van der Waals surface area contributed by atoms with Crippen LogP contribution < -0.4 is 0 Å². The van der Waals surface area contributed by atoms with Gasteiger partial charge < -0.3 is 87.9 Å². The predicted octanol–water partition coefficient (Wildman–Crippen LogP) is 0.447. The lowest BCUT2D eigenvalue weighted by molar-refractivity contribution is -0.382. The Morgan fingerprint density at radius 1 is 0.741 bits per heavy atom. The van der Waals surface area contributed by atoms with Gasteiger partial charge in [-0.1, -0.05) is 44.9 Å². The van der Waals surface area contributed by atoms with Gasteiger partial charge in [-0.15, -0.1) is 6.58 Å². The van der Waals surface area contributed by atoms with Gasteiger partial charge in [0.05, 0.1) is 43.4 Å². The lowest BCUT2D eigenvalue weighted by Gasteiger charge is -2.64. The Morgan fingerprint density at radius 3 is 2.04 bits per heavy atom. The zero-order valence-corrected chi connectivity index (χ0v) is 50.8.